The fourth-order valence-electron chi connectivity index (χ4n) is 4.98. The first-order valence-corrected chi connectivity index (χ1v) is 13.9. The summed E-state index contributed by atoms with van der Waals surface area (Å²) in [5, 5.41) is 26.4. The van der Waals surface area contributed by atoms with Crippen LogP contribution in [-0.4, -0.2) is 64.6 Å². The Bertz CT molecular complexity index is 1490. The van der Waals surface area contributed by atoms with Gasteiger partial charge in [0, 0.05) is 25.1 Å². The summed E-state index contributed by atoms with van der Waals surface area (Å²) in [6.45, 7) is 4.13. The number of nitrogens with one attached hydrogen (secondary N) is 2. The van der Waals surface area contributed by atoms with E-state index in [4.69, 9.17) is 0 Å². The Morgan fingerprint density at radius 3 is 2.53 bits per heavy atom. The molecule has 4 amide bonds. The van der Waals surface area contributed by atoms with Crippen molar-refractivity contribution < 1.29 is 29.2 Å². The van der Waals surface area contributed by atoms with Crippen LogP contribution in [0.15, 0.2) is 85.5 Å². The molecule has 43 heavy (non-hydrogen) atoms. The summed E-state index contributed by atoms with van der Waals surface area (Å²) in [5.74, 6) is -1.48. The fourth-order valence-corrected chi connectivity index (χ4v) is 4.98. The third-order valence-electron chi connectivity index (χ3n) is 7.12. The zero-order valence-corrected chi connectivity index (χ0v) is 23.6. The fraction of sp³-hybridized carbons (Fsp3) is 0.250. The van der Waals surface area contributed by atoms with E-state index in [1.54, 1.807) is 23.5 Å². The summed E-state index contributed by atoms with van der Waals surface area (Å²) >= 11 is 0. The van der Waals surface area contributed by atoms with Gasteiger partial charge in [0.1, 0.15) is 29.8 Å². The van der Waals surface area contributed by atoms with E-state index in [1.165, 1.54) is 40.1 Å². The number of urea groups is 1. The van der Waals surface area contributed by atoms with Crippen molar-refractivity contribution in [2.45, 2.75) is 31.7 Å². The maximum absolute atomic E-state index is 15.0. The van der Waals surface area contributed by atoms with Crippen LogP contribution in [0.25, 0.3) is 0 Å². The summed E-state index contributed by atoms with van der Waals surface area (Å²) in [7, 11) is 0. The van der Waals surface area contributed by atoms with Gasteiger partial charge in [-0.25, -0.2) is 9.18 Å². The van der Waals surface area contributed by atoms with E-state index in [1.807, 2.05) is 36.4 Å². The summed E-state index contributed by atoms with van der Waals surface area (Å²) in [6, 6.07) is 20.2. The molecule has 0 spiro atoms. The number of amides is 4. The standard InChI is InChI=1S/C32H33FN6O4/c1-2-15-35-19-29(41)39-27(16-22-11-13-26(40)14-12-22)31(42)38(20-25-10-6-9-24(17-34)30(25)33)21-28(39)37-32(43)36-18-23-7-4-3-5-8-23/h2-14,27-28,35,40H,1,15-16,18-21H2,(H2,36,37,43)/p+1/t27-,28+/m0/s1. The highest BCUT2D eigenvalue weighted by Gasteiger charge is 2.44. The van der Waals surface area contributed by atoms with E-state index in [9.17, 15) is 24.8 Å². The number of hydrogen-bond acceptors (Lipinski definition) is 5. The number of phenolic OH excluding ortho intramolecular Hbond substituents is 1. The lowest BCUT2D eigenvalue weighted by Crippen LogP contribution is -2.87. The number of hydrogen-bond donors (Lipinski definition) is 4. The second-order valence-corrected chi connectivity index (χ2v) is 10.1. The van der Waals surface area contributed by atoms with Crippen molar-refractivity contribution in [1.82, 2.24) is 20.4 Å². The maximum Gasteiger partial charge on any atom is 0.316 e. The molecule has 0 aromatic heterocycles. The highest BCUT2D eigenvalue weighted by molar-refractivity contribution is 5.90. The Morgan fingerprint density at radius 2 is 1.84 bits per heavy atom. The third kappa shape index (κ3) is 7.96. The summed E-state index contributed by atoms with van der Waals surface area (Å²) in [4.78, 5) is 43.5. The number of nitrogens with two attached hydrogens (primary N) is 1. The molecule has 0 bridgehead atoms. The van der Waals surface area contributed by atoms with Gasteiger partial charge in [0.25, 0.3) is 5.91 Å². The van der Waals surface area contributed by atoms with Gasteiger partial charge in [0.2, 0.25) is 5.91 Å². The number of carbonyl (C=O) groups excluding carboxylic acids is 3. The largest absolute Gasteiger partial charge is 0.508 e. The molecule has 5 N–H and O–H groups in total. The van der Waals surface area contributed by atoms with Crippen LogP contribution >= 0.6 is 0 Å². The number of carbonyl (C=O) groups is 3. The molecule has 0 aliphatic carbocycles. The number of quaternary nitrogens is 1. The molecule has 2 atom stereocenters. The Morgan fingerprint density at radius 1 is 1.09 bits per heavy atom. The molecule has 1 fully saturated rings. The molecule has 1 aliphatic heterocycles. The van der Waals surface area contributed by atoms with Crippen LogP contribution in [0.5, 0.6) is 5.75 Å². The van der Waals surface area contributed by atoms with E-state index in [0.717, 1.165) is 5.56 Å². The van der Waals surface area contributed by atoms with Crippen molar-refractivity contribution in [1.29, 1.82) is 5.26 Å². The molecule has 3 aromatic rings. The van der Waals surface area contributed by atoms with E-state index in [-0.39, 0.29) is 55.4 Å². The van der Waals surface area contributed by atoms with Crippen molar-refractivity contribution in [3.8, 4) is 11.8 Å². The predicted octanol–water partition coefficient (Wildman–Crippen LogP) is 1.76. The van der Waals surface area contributed by atoms with Crippen molar-refractivity contribution in [2.75, 3.05) is 19.6 Å². The van der Waals surface area contributed by atoms with E-state index in [2.05, 4.69) is 17.2 Å². The predicted molar refractivity (Wildman–Crippen MR) is 156 cm³/mol. The van der Waals surface area contributed by atoms with E-state index in [0.29, 0.717) is 12.1 Å². The summed E-state index contributed by atoms with van der Waals surface area (Å²) < 4.78 is 15.0. The zero-order valence-electron chi connectivity index (χ0n) is 23.6. The number of rotatable bonds is 11. The molecule has 11 heteroatoms. The Labute approximate surface area is 249 Å². The van der Waals surface area contributed by atoms with Gasteiger partial charge >= 0.3 is 6.03 Å². The number of piperazine rings is 1. The van der Waals surface area contributed by atoms with Crippen molar-refractivity contribution >= 4 is 17.8 Å². The average Bonchev–Trinajstić information content (AvgIpc) is 3.01. The first-order valence-electron chi connectivity index (χ1n) is 13.9. The topological polar surface area (TPSA) is 142 Å². The minimum absolute atomic E-state index is 0.00797. The lowest BCUT2D eigenvalue weighted by Gasteiger charge is -2.46. The van der Waals surface area contributed by atoms with Gasteiger partial charge in [-0.05, 0) is 35.4 Å². The molecule has 1 aliphatic rings. The number of aromatic hydroxyl groups is 1. The number of halogens is 1. The molecule has 4 rings (SSSR count). The van der Waals surface area contributed by atoms with E-state index >= 15 is 4.39 Å². The SMILES string of the molecule is C=CC[NH2+]CC(=O)N1[C@@H](NC(=O)NCc2ccccc2)CN(Cc2cccc(C#N)c2F)C(=O)[C@@H]1Cc1ccc(O)cc1. The van der Waals surface area contributed by atoms with Gasteiger partial charge in [0.05, 0.1) is 18.7 Å². The van der Waals surface area contributed by atoms with Gasteiger partial charge in [-0.15, -0.1) is 0 Å². The normalized spacial score (nSPS) is 16.3. The highest BCUT2D eigenvalue weighted by atomic mass is 19.1. The van der Waals surface area contributed by atoms with Crippen molar-refractivity contribution in [3.05, 3.63) is 114 Å². The molecule has 0 saturated carbocycles. The van der Waals surface area contributed by atoms with Gasteiger partial charge in [-0.2, -0.15) is 5.26 Å². The third-order valence-corrected chi connectivity index (χ3v) is 7.12. The van der Waals surface area contributed by atoms with Crippen LogP contribution < -0.4 is 16.0 Å². The average molecular weight is 586 g/mol. The molecule has 0 radical (unpaired) electrons. The molecule has 1 saturated heterocycles. The number of nitrogens with zero attached hydrogens (tertiary/aromatic N) is 3. The summed E-state index contributed by atoms with van der Waals surface area (Å²) in [5.41, 5.74) is 1.55. The van der Waals surface area contributed by atoms with Crippen LogP contribution in [0.4, 0.5) is 9.18 Å². The molecule has 0 unspecified atom stereocenters. The number of phenols is 1. The van der Waals surface area contributed by atoms with Crippen LogP contribution in [0.2, 0.25) is 0 Å². The van der Waals surface area contributed by atoms with E-state index < -0.39 is 30.0 Å². The number of benzene rings is 3. The van der Waals surface area contributed by atoms with Crippen LogP contribution in [0.3, 0.4) is 0 Å². The quantitative estimate of drug-likeness (QED) is 0.200. The van der Waals surface area contributed by atoms with Crippen molar-refractivity contribution in [2.24, 2.45) is 0 Å². The smallest absolute Gasteiger partial charge is 0.316 e. The molecular weight excluding hydrogens is 551 g/mol. The lowest BCUT2D eigenvalue weighted by atomic mass is 9.98. The Hall–Kier alpha value is -5.21. The van der Waals surface area contributed by atoms with Crippen molar-refractivity contribution in [3.63, 3.8) is 0 Å². The minimum atomic E-state index is -1.04. The van der Waals surface area contributed by atoms with Gasteiger partial charge in [-0.1, -0.05) is 61.2 Å². The minimum Gasteiger partial charge on any atom is -0.508 e. The highest BCUT2D eigenvalue weighted by Crippen LogP contribution is 2.24. The molecule has 222 valence electrons. The van der Waals surface area contributed by atoms with Gasteiger partial charge in [0.15, 0.2) is 6.54 Å². The molecule has 10 nitrogen and oxygen atoms in total. The lowest BCUT2D eigenvalue weighted by molar-refractivity contribution is -0.635. The monoisotopic (exact) mass is 585 g/mol. The Balaban J connectivity index is 1.66. The molecule has 1 heterocycles. The first-order chi connectivity index (χ1) is 20.8. The second-order valence-electron chi connectivity index (χ2n) is 10.1. The van der Waals surface area contributed by atoms with Crippen LogP contribution in [0, 0.1) is 17.1 Å². The maximum atomic E-state index is 15.0. The molecular formula is C32H34FN6O4+. The second kappa shape index (κ2) is 14.6. The van der Waals surface area contributed by atoms with Gasteiger partial charge < -0.3 is 30.9 Å². The zero-order chi connectivity index (χ0) is 30.8. The van der Waals surface area contributed by atoms with Crippen LogP contribution in [-0.2, 0) is 29.1 Å². The number of nitriles is 1. The molecule has 3 aromatic carbocycles. The van der Waals surface area contributed by atoms with Crippen LogP contribution in [0.1, 0.15) is 22.3 Å². The summed E-state index contributed by atoms with van der Waals surface area (Å²) in [6.07, 6.45) is 0.802. The Kier molecular flexibility index (Phi) is 10.4. The first kappa shape index (κ1) is 30.7. The van der Waals surface area contributed by atoms with Gasteiger partial charge in [-0.3, -0.25) is 9.59 Å².